The number of hydrogen-bond acceptors (Lipinski definition) is 9. The summed E-state index contributed by atoms with van der Waals surface area (Å²) in [6, 6.07) is 29.4. The molecule has 3 amide bonds. The Hall–Kier alpha value is -5.72. The molecule has 6 rings (SSSR count). The van der Waals surface area contributed by atoms with Gasteiger partial charge in [0.1, 0.15) is 6.04 Å². The molecule has 0 bridgehead atoms. The average Bonchev–Trinajstić information content (AvgIpc) is 3.25. The molecule has 2 fully saturated rings. The van der Waals surface area contributed by atoms with Crippen LogP contribution in [0.15, 0.2) is 103 Å². The van der Waals surface area contributed by atoms with Crippen LogP contribution in [0.1, 0.15) is 36.1 Å². The van der Waals surface area contributed by atoms with Crippen molar-refractivity contribution >= 4 is 35.2 Å². The van der Waals surface area contributed by atoms with E-state index in [4.69, 9.17) is 4.74 Å². The number of carbonyl (C=O) groups excluding carboxylic acids is 3. The normalized spacial score (nSPS) is 15.3. The van der Waals surface area contributed by atoms with E-state index in [0.29, 0.717) is 51.6 Å². The number of rotatable bonds is 16. The molecule has 2 aliphatic heterocycles. The van der Waals surface area contributed by atoms with Gasteiger partial charge >= 0.3 is 0 Å². The Morgan fingerprint density at radius 2 is 1.48 bits per heavy atom. The second-order valence-corrected chi connectivity index (χ2v) is 14.9. The van der Waals surface area contributed by atoms with Gasteiger partial charge in [-0.05, 0) is 65.6 Å². The van der Waals surface area contributed by atoms with Crippen molar-refractivity contribution in [1.29, 1.82) is 0 Å². The summed E-state index contributed by atoms with van der Waals surface area (Å²) in [7, 11) is 1.97. The lowest BCUT2D eigenvalue weighted by molar-refractivity contribution is -0.145. The van der Waals surface area contributed by atoms with Crippen molar-refractivity contribution in [2.24, 2.45) is 0 Å². The lowest BCUT2D eigenvalue weighted by atomic mass is 10.0. The number of carbonyl (C=O) groups is 3. The molecular weight excluding hydrogens is 731 g/mol. The number of nitrogens with zero attached hydrogens (tertiary/aromatic N) is 7. The summed E-state index contributed by atoms with van der Waals surface area (Å²) in [4.78, 5) is 57.6. The van der Waals surface area contributed by atoms with Crippen LogP contribution >= 0.6 is 0 Å². The average molecular weight is 788 g/mol. The highest BCUT2D eigenvalue weighted by molar-refractivity contribution is 5.95. The highest BCUT2D eigenvalue weighted by atomic mass is 16.5. The minimum atomic E-state index is -0.743. The molecule has 1 aromatic heterocycles. The van der Waals surface area contributed by atoms with E-state index in [1.807, 2.05) is 77.2 Å². The Bertz CT molecular complexity index is 1940. The van der Waals surface area contributed by atoms with E-state index in [1.54, 1.807) is 30.2 Å². The summed E-state index contributed by atoms with van der Waals surface area (Å²) in [6.07, 6.45) is 5.32. The van der Waals surface area contributed by atoms with Crippen molar-refractivity contribution in [2.75, 3.05) is 89.0 Å². The standard InChI is InChI=1S/C46H57N7O5/c1-4-58-44-20-14-38(33-47-44)15-21-45(56)53(35-40-12-18-42(19-13-40)51-28-26-50(27-29-51)36(2)55)43(32-37-8-6-5-7-9-37)46(57)52-24-22-49(23-25-52)34-39-10-16-41(17-11-39)48(3)30-31-54/h5-21,33,43,54H,4,22-32,34-35H2,1-3H3. The zero-order valence-electron chi connectivity index (χ0n) is 34.1. The van der Waals surface area contributed by atoms with Crippen molar-refractivity contribution in [2.45, 2.75) is 39.4 Å². The number of benzene rings is 3. The maximum atomic E-state index is 14.8. The molecule has 4 aromatic rings. The first-order valence-corrected chi connectivity index (χ1v) is 20.3. The van der Waals surface area contributed by atoms with E-state index in [2.05, 4.69) is 51.2 Å². The van der Waals surface area contributed by atoms with Gasteiger partial charge < -0.3 is 34.3 Å². The third-order valence-electron chi connectivity index (χ3n) is 11.0. The van der Waals surface area contributed by atoms with Gasteiger partial charge in [-0.15, -0.1) is 0 Å². The Morgan fingerprint density at radius 1 is 0.810 bits per heavy atom. The Balaban J connectivity index is 1.21. The van der Waals surface area contributed by atoms with E-state index < -0.39 is 6.04 Å². The van der Waals surface area contributed by atoms with Crippen LogP contribution < -0.4 is 14.5 Å². The van der Waals surface area contributed by atoms with E-state index in [1.165, 1.54) is 11.6 Å². The molecule has 306 valence electrons. The number of aliphatic hydroxyl groups is 1. The third kappa shape index (κ3) is 11.4. The van der Waals surface area contributed by atoms with E-state index in [-0.39, 0.29) is 30.9 Å². The number of hydrogen-bond donors (Lipinski definition) is 1. The maximum Gasteiger partial charge on any atom is 0.247 e. The van der Waals surface area contributed by atoms with E-state index in [0.717, 1.165) is 60.8 Å². The van der Waals surface area contributed by atoms with Gasteiger partial charge in [-0.3, -0.25) is 19.3 Å². The van der Waals surface area contributed by atoms with Crippen LogP contribution in [-0.4, -0.2) is 133 Å². The SMILES string of the molecule is CCOc1ccc(C=CC(=O)N(Cc2ccc(N3CCN(C(C)=O)CC3)cc2)C(Cc2ccccc2)C(=O)N2CCN(Cc3ccc(N(C)CCO)cc3)CC2)cn1. The molecule has 58 heavy (non-hydrogen) atoms. The highest BCUT2D eigenvalue weighted by Gasteiger charge is 2.34. The van der Waals surface area contributed by atoms with Gasteiger partial charge in [0.25, 0.3) is 0 Å². The largest absolute Gasteiger partial charge is 0.478 e. The number of likely N-dealkylation sites (N-methyl/N-ethyl adjacent to an activating group) is 1. The molecule has 0 spiro atoms. The first-order valence-electron chi connectivity index (χ1n) is 20.3. The first-order chi connectivity index (χ1) is 28.2. The van der Waals surface area contributed by atoms with Crippen LogP contribution in [0.3, 0.4) is 0 Å². The molecule has 3 aromatic carbocycles. The lowest BCUT2D eigenvalue weighted by Crippen LogP contribution is -2.56. The fourth-order valence-electron chi connectivity index (χ4n) is 7.52. The van der Waals surface area contributed by atoms with Crippen LogP contribution in [0.4, 0.5) is 11.4 Å². The second kappa shape index (κ2) is 20.6. The Labute approximate surface area is 342 Å². The number of pyridine rings is 1. The number of anilines is 2. The Morgan fingerprint density at radius 3 is 2.10 bits per heavy atom. The first kappa shape index (κ1) is 41.9. The van der Waals surface area contributed by atoms with Gasteiger partial charge in [0, 0.05) is 122 Å². The third-order valence-corrected chi connectivity index (χ3v) is 11.0. The van der Waals surface area contributed by atoms with Crippen LogP contribution in [0.25, 0.3) is 6.08 Å². The van der Waals surface area contributed by atoms with Crippen LogP contribution in [0, 0.1) is 0 Å². The molecule has 1 N–H and O–H groups in total. The minimum Gasteiger partial charge on any atom is -0.478 e. The van der Waals surface area contributed by atoms with Crippen LogP contribution in [-0.2, 0) is 33.9 Å². The summed E-state index contributed by atoms with van der Waals surface area (Å²) in [5, 5.41) is 9.30. The fraction of sp³-hybridized carbons (Fsp3) is 0.391. The number of aromatic nitrogens is 1. The fourth-order valence-corrected chi connectivity index (χ4v) is 7.52. The topological polar surface area (TPSA) is 113 Å². The zero-order chi connectivity index (χ0) is 40.9. The summed E-state index contributed by atoms with van der Waals surface area (Å²) in [6.45, 7) is 11.2. The zero-order valence-corrected chi connectivity index (χ0v) is 34.1. The summed E-state index contributed by atoms with van der Waals surface area (Å²) in [5.74, 6) is 0.285. The van der Waals surface area contributed by atoms with Crippen molar-refractivity contribution < 1.29 is 24.2 Å². The predicted octanol–water partition coefficient (Wildman–Crippen LogP) is 4.58. The summed E-state index contributed by atoms with van der Waals surface area (Å²) >= 11 is 0. The van der Waals surface area contributed by atoms with E-state index >= 15 is 0 Å². The molecule has 0 radical (unpaired) electrons. The van der Waals surface area contributed by atoms with Gasteiger partial charge in [-0.25, -0.2) is 4.98 Å². The smallest absolute Gasteiger partial charge is 0.247 e. The van der Waals surface area contributed by atoms with Gasteiger partial charge in [0.05, 0.1) is 13.2 Å². The summed E-state index contributed by atoms with van der Waals surface area (Å²) in [5.41, 5.74) is 5.96. The Kier molecular flexibility index (Phi) is 14.9. The molecule has 1 atom stereocenters. The number of amides is 3. The second-order valence-electron chi connectivity index (χ2n) is 14.9. The van der Waals surface area contributed by atoms with E-state index in [9.17, 15) is 19.5 Å². The predicted molar refractivity (Wildman–Crippen MR) is 228 cm³/mol. The van der Waals surface area contributed by atoms with Gasteiger partial charge in [0.2, 0.25) is 23.6 Å². The van der Waals surface area contributed by atoms with Crippen LogP contribution in [0.2, 0.25) is 0 Å². The summed E-state index contributed by atoms with van der Waals surface area (Å²) < 4.78 is 5.50. The van der Waals surface area contributed by atoms with Crippen LogP contribution in [0.5, 0.6) is 5.88 Å². The molecule has 3 heterocycles. The number of piperazine rings is 2. The highest BCUT2D eigenvalue weighted by Crippen LogP contribution is 2.23. The number of aliphatic hydroxyl groups excluding tert-OH is 1. The molecule has 2 saturated heterocycles. The monoisotopic (exact) mass is 787 g/mol. The molecule has 12 heteroatoms. The molecule has 2 aliphatic rings. The van der Waals surface area contributed by atoms with Gasteiger partial charge in [-0.1, -0.05) is 54.6 Å². The number of ether oxygens (including phenoxy) is 1. The van der Waals surface area contributed by atoms with Gasteiger partial charge in [-0.2, -0.15) is 0 Å². The van der Waals surface area contributed by atoms with Crippen molar-refractivity contribution in [3.8, 4) is 5.88 Å². The van der Waals surface area contributed by atoms with Crippen molar-refractivity contribution in [1.82, 2.24) is 24.6 Å². The molecule has 0 aliphatic carbocycles. The molecule has 1 unspecified atom stereocenters. The van der Waals surface area contributed by atoms with Crippen molar-refractivity contribution in [3.63, 3.8) is 0 Å². The quantitative estimate of drug-likeness (QED) is 0.163. The molecular formula is C46H57N7O5. The minimum absolute atomic E-state index is 0.0655. The maximum absolute atomic E-state index is 14.8. The van der Waals surface area contributed by atoms with Gasteiger partial charge in [0.15, 0.2) is 0 Å². The van der Waals surface area contributed by atoms with Crippen molar-refractivity contribution in [3.05, 3.63) is 126 Å². The molecule has 12 nitrogen and oxygen atoms in total. The molecule has 0 saturated carbocycles. The lowest BCUT2D eigenvalue weighted by Gasteiger charge is -2.39.